The van der Waals surface area contributed by atoms with Crippen molar-refractivity contribution in [3.63, 3.8) is 0 Å². The van der Waals surface area contributed by atoms with Gasteiger partial charge in [0.1, 0.15) is 5.82 Å². The number of rotatable bonds is 2. The second-order valence-electron chi connectivity index (χ2n) is 3.72. The number of nitrogen functional groups attached to an aromatic ring is 1. The average Bonchev–Trinajstić information content (AvgIpc) is 2.26. The van der Waals surface area contributed by atoms with E-state index in [0.29, 0.717) is 10.8 Å². The molecule has 2 nitrogen and oxygen atoms in total. The number of fused-ring (bicyclic) bond motifs is 1. The van der Waals surface area contributed by atoms with Crippen molar-refractivity contribution in [3.05, 3.63) is 33.3 Å². The Balaban J connectivity index is 2.69. The smallest absolute Gasteiger partial charge is 0.127 e. The van der Waals surface area contributed by atoms with Crippen molar-refractivity contribution in [1.29, 1.82) is 0 Å². The van der Waals surface area contributed by atoms with Gasteiger partial charge in [-0.15, -0.1) is 0 Å². The van der Waals surface area contributed by atoms with E-state index in [9.17, 15) is 0 Å². The summed E-state index contributed by atoms with van der Waals surface area (Å²) in [5.41, 5.74) is 7.84. The first kappa shape index (κ1) is 11.7. The summed E-state index contributed by atoms with van der Waals surface area (Å²) < 4.78 is 0.807. The molecule has 0 bridgehead atoms. The Hall–Kier alpha value is -0.800. The van der Waals surface area contributed by atoms with E-state index in [1.54, 1.807) is 0 Å². The van der Waals surface area contributed by atoms with E-state index in [1.807, 2.05) is 12.1 Å². The maximum Gasteiger partial charge on any atom is 0.127 e. The molecule has 0 spiro atoms. The molecule has 0 unspecified atom stereocenters. The van der Waals surface area contributed by atoms with Crippen LogP contribution in [0.1, 0.15) is 18.9 Å². The number of hydrogen-bond acceptors (Lipinski definition) is 2. The molecule has 4 heteroatoms. The fraction of sp³-hybridized carbons (Fsp3) is 0.250. The predicted molar refractivity (Wildman–Crippen MR) is 72.9 cm³/mol. The number of benzene rings is 1. The molecule has 0 aliphatic carbocycles. The number of nitrogens with zero attached hydrogens (tertiary/aromatic N) is 1. The maximum atomic E-state index is 6.01. The molecule has 84 valence electrons. The van der Waals surface area contributed by atoms with Crippen LogP contribution in [0.25, 0.3) is 10.9 Å². The summed E-state index contributed by atoms with van der Waals surface area (Å²) in [6, 6.07) is 5.91. The topological polar surface area (TPSA) is 38.9 Å². The van der Waals surface area contributed by atoms with Crippen molar-refractivity contribution >= 4 is 44.3 Å². The molecule has 0 saturated heterocycles. The van der Waals surface area contributed by atoms with Gasteiger partial charge in [0.2, 0.25) is 0 Å². The van der Waals surface area contributed by atoms with Crippen molar-refractivity contribution in [2.75, 3.05) is 5.73 Å². The van der Waals surface area contributed by atoms with Crippen LogP contribution >= 0.6 is 27.5 Å². The lowest BCUT2D eigenvalue weighted by molar-refractivity contribution is 0.921. The summed E-state index contributed by atoms with van der Waals surface area (Å²) >= 11 is 9.44. The molecule has 2 aromatic rings. The zero-order valence-electron chi connectivity index (χ0n) is 8.93. The lowest BCUT2D eigenvalue weighted by Gasteiger charge is -2.08. The third-order valence-corrected chi connectivity index (χ3v) is 3.86. The van der Waals surface area contributed by atoms with Gasteiger partial charge in [0.25, 0.3) is 0 Å². The molecule has 0 atom stereocenters. The van der Waals surface area contributed by atoms with Crippen molar-refractivity contribution < 1.29 is 0 Å². The van der Waals surface area contributed by atoms with Gasteiger partial charge in [-0.05, 0) is 40.0 Å². The first-order valence-electron chi connectivity index (χ1n) is 5.16. The molecule has 1 heterocycles. The van der Waals surface area contributed by atoms with Gasteiger partial charge in [-0.1, -0.05) is 31.0 Å². The number of nitrogens with two attached hydrogens (primary N) is 1. The quantitative estimate of drug-likeness (QED) is 0.903. The number of anilines is 1. The summed E-state index contributed by atoms with van der Waals surface area (Å²) in [6.45, 7) is 2.13. The van der Waals surface area contributed by atoms with Gasteiger partial charge in [-0.2, -0.15) is 0 Å². The third kappa shape index (κ3) is 2.02. The number of hydrogen-bond donors (Lipinski definition) is 1. The molecule has 0 radical (unpaired) electrons. The van der Waals surface area contributed by atoms with Crippen molar-refractivity contribution in [2.45, 2.75) is 19.8 Å². The Morgan fingerprint density at radius 2 is 2.19 bits per heavy atom. The van der Waals surface area contributed by atoms with E-state index >= 15 is 0 Å². The Morgan fingerprint density at radius 3 is 2.88 bits per heavy atom. The second-order valence-corrected chi connectivity index (χ2v) is 4.92. The SMILES string of the molecule is CCCc1cc2ccc(Cl)c(Br)c2nc1N. The van der Waals surface area contributed by atoms with Crippen molar-refractivity contribution in [3.8, 4) is 0 Å². The first-order chi connectivity index (χ1) is 7.63. The summed E-state index contributed by atoms with van der Waals surface area (Å²) in [6.07, 6.45) is 2.02. The van der Waals surface area contributed by atoms with Crippen LogP contribution in [-0.4, -0.2) is 4.98 Å². The second kappa shape index (κ2) is 4.60. The van der Waals surface area contributed by atoms with Crippen LogP contribution in [0.3, 0.4) is 0 Å². The summed E-state index contributed by atoms with van der Waals surface area (Å²) in [5.74, 6) is 0.595. The summed E-state index contributed by atoms with van der Waals surface area (Å²) in [7, 11) is 0. The molecular formula is C12H12BrClN2. The van der Waals surface area contributed by atoms with Crippen LogP contribution in [0.2, 0.25) is 5.02 Å². The first-order valence-corrected chi connectivity index (χ1v) is 6.33. The minimum atomic E-state index is 0.595. The number of aromatic nitrogens is 1. The fourth-order valence-corrected chi connectivity index (χ4v) is 2.31. The van der Waals surface area contributed by atoms with Crippen LogP contribution in [0.4, 0.5) is 5.82 Å². The van der Waals surface area contributed by atoms with Gasteiger partial charge in [-0.25, -0.2) is 4.98 Å². The number of aryl methyl sites for hydroxylation is 1. The largest absolute Gasteiger partial charge is 0.383 e. The molecular weight excluding hydrogens is 288 g/mol. The van der Waals surface area contributed by atoms with Crippen molar-refractivity contribution in [1.82, 2.24) is 4.98 Å². The van der Waals surface area contributed by atoms with Gasteiger partial charge in [0.05, 0.1) is 15.0 Å². The highest BCUT2D eigenvalue weighted by atomic mass is 79.9. The number of pyridine rings is 1. The zero-order chi connectivity index (χ0) is 11.7. The van der Waals surface area contributed by atoms with Crippen LogP contribution in [0.5, 0.6) is 0 Å². The Kier molecular flexibility index (Phi) is 3.36. The summed E-state index contributed by atoms with van der Waals surface area (Å²) in [5, 5.41) is 1.72. The highest BCUT2D eigenvalue weighted by molar-refractivity contribution is 9.10. The van der Waals surface area contributed by atoms with E-state index in [0.717, 1.165) is 33.8 Å². The third-order valence-electron chi connectivity index (χ3n) is 2.51. The molecule has 16 heavy (non-hydrogen) atoms. The zero-order valence-corrected chi connectivity index (χ0v) is 11.3. The van der Waals surface area contributed by atoms with Crippen LogP contribution in [0.15, 0.2) is 22.7 Å². The standard InChI is InChI=1S/C12H12BrClN2/c1-2-3-8-6-7-4-5-9(14)10(13)11(7)16-12(8)15/h4-6H,2-3H2,1H3,(H2,15,16). The minimum absolute atomic E-state index is 0.595. The molecule has 1 aromatic heterocycles. The van der Waals surface area contributed by atoms with Crippen LogP contribution in [0, 0.1) is 0 Å². The Bertz CT molecular complexity index is 540. The van der Waals surface area contributed by atoms with Crippen LogP contribution < -0.4 is 5.73 Å². The molecule has 1 aromatic carbocycles. The van der Waals surface area contributed by atoms with E-state index < -0.39 is 0 Å². The average molecular weight is 300 g/mol. The van der Waals surface area contributed by atoms with Gasteiger partial charge < -0.3 is 5.73 Å². The van der Waals surface area contributed by atoms with Gasteiger partial charge >= 0.3 is 0 Å². The predicted octanol–water partition coefficient (Wildman–Crippen LogP) is 4.19. The van der Waals surface area contributed by atoms with Gasteiger partial charge in [0, 0.05) is 5.39 Å². The molecule has 0 fully saturated rings. The highest BCUT2D eigenvalue weighted by Gasteiger charge is 2.08. The van der Waals surface area contributed by atoms with Gasteiger partial charge in [0.15, 0.2) is 0 Å². The monoisotopic (exact) mass is 298 g/mol. The molecule has 2 rings (SSSR count). The lowest BCUT2D eigenvalue weighted by Crippen LogP contribution is -1.98. The molecule has 0 amide bonds. The Labute approximate surface area is 108 Å². The van der Waals surface area contributed by atoms with Crippen molar-refractivity contribution in [2.24, 2.45) is 0 Å². The van der Waals surface area contributed by atoms with E-state index in [4.69, 9.17) is 17.3 Å². The lowest BCUT2D eigenvalue weighted by atomic mass is 10.1. The molecule has 0 aliphatic rings. The Morgan fingerprint density at radius 1 is 1.44 bits per heavy atom. The highest BCUT2D eigenvalue weighted by Crippen LogP contribution is 2.31. The maximum absolute atomic E-state index is 6.01. The molecule has 0 saturated carbocycles. The normalized spacial score (nSPS) is 10.9. The van der Waals surface area contributed by atoms with E-state index in [1.165, 1.54) is 0 Å². The van der Waals surface area contributed by atoms with E-state index in [-0.39, 0.29) is 0 Å². The molecule has 0 aliphatic heterocycles. The summed E-state index contributed by atoms with van der Waals surface area (Å²) in [4.78, 5) is 4.40. The minimum Gasteiger partial charge on any atom is -0.383 e. The molecule has 2 N–H and O–H groups in total. The number of halogens is 2. The fourth-order valence-electron chi connectivity index (χ4n) is 1.71. The van der Waals surface area contributed by atoms with Crippen LogP contribution in [-0.2, 0) is 6.42 Å². The van der Waals surface area contributed by atoms with E-state index in [2.05, 4.69) is 33.9 Å². The van der Waals surface area contributed by atoms with Gasteiger partial charge in [-0.3, -0.25) is 0 Å².